The Hall–Kier alpha value is -2.90. The minimum Gasteiger partial charge on any atom is -0.493 e. The zero-order valence-electron chi connectivity index (χ0n) is 13.8. The van der Waals surface area contributed by atoms with E-state index in [2.05, 4.69) is 21.1 Å². The number of halogens is 3. The first-order valence-corrected chi connectivity index (χ1v) is 8.06. The summed E-state index contributed by atoms with van der Waals surface area (Å²) in [6.45, 7) is 1.22. The molecule has 1 heterocycles. The highest BCUT2D eigenvalue weighted by molar-refractivity contribution is 5.92. The molecule has 0 radical (unpaired) electrons. The molecule has 138 valence electrons. The van der Waals surface area contributed by atoms with Crippen molar-refractivity contribution in [1.29, 1.82) is 0 Å². The molecular formula is C18H18F3N3O2. The number of alkyl halides is 3. The Morgan fingerprint density at radius 1 is 1.19 bits per heavy atom. The summed E-state index contributed by atoms with van der Waals surface area (Å²) in [7, 11) is 0. The molecule has 26 heavy (non-hydrogen) atoms. The van der Waals surface area contributed by atoms with Crippen molar-refractivity contribution in [2.24, 2.45) is 10.7 Å². The third kappa shape index (κ3) is 5.05. The Kier molecular flexibility index (Phi) is 5.20. The van der Waals surface area contributed by atoms with Gasteiger partial charge >= 0.3 is 6.36 Å². The van der Waals surface area contributed by atoms with Gasteiger partial charge in [-0.1, -0.05) is 12.1 Å². The molecule has 2 aromatic rings. The third-order valence-corrected chi connectivity index (χ3v) is 3.80. The van der Waals surface area contributed by atoms with Crippen LogP contribution < -0.4 is 20.5 Å². The number of rotatable bonds is 5. The number of fused-ring (bicyclic) bond motifs is 1. The van der Waals surface area contributed by atoms with Crippen LogP contribution in [0.15, 0.2) is 47.5 Å². The largest absolute Gasteiger partial charge is 0.573 e. The quantitative estimate of drug-likeness (QED) is 0.629. The smallest absolute Gasteiger partial charge is 0.493 e. The number of nitrogens with zero attached hydrogens (tertiary/aromatic N) is 1. The second-order valence-electron chi connectivity index (χ2n) is 5.75. The van der Waals surface area contributed by atoms with Gasteiger partial charge in [0.2, 0.25) is 0 Å². The second-order valence-corrected chi connectivity index (χ2v) is 5.75. The third-order valence-electron chi connectivity index (χ3n) is 3.80. The van der Waals surface area contributed by atoms with Gasteiger partial charge in [-0.2, -0.15) is 0 Å². The van der Waals surface area contributed by atoms with Crippen LogP contribution in [0.3, 0.4) is 0 Å². The molecule has 0 aliphatic carbocycles. The Bertz CT molecular complexity index is 789. The number of hydrogen-bond acceptors (Lipinski definition) is 3. The maximum absolute atomic E-state index is 12.1. The topological polar surface area (TPSA) is 68.9 Å². The predicted octanol–water partition coefficient (Wildman–Crippen LogP) is 3.49. The number of ether oxygens (including phenoxy) is 2. The van der Waals surface area contributed by atoms with E-state index in [1.807, 2.05) is 12.1 Å². The lowest BCUT2D eigenvalue weighted by Gasteiger charge is -2.10. The van der Waals surface area contributed by atoms with Crippen LogP contribution in [0.1, 0.15) is 11.1 Å². The highest BCUT2D eigenvalue weighted by atomic mass is 19.4. The van der Waals surface area contributed by atoms with Crippen molar-refractivity contribution < 1.29 is 22.6 Å². The lowest BCUT2D eigenvalue weighted by Crippen LogP contribution is -2.23. The van der Waals surface area contributed by atoms with Gasteiger partial charge in [-0.3, -0.25) is 4.99 Å². The number of aliphatic imine (C=N–C) groups is 1. The normalized spacial score (nSPS) is 13.9. The molecule has 8 heteroatoms. The fourth-order valence-electron chi connectivity index (χ4n) is 2.63. The molecule has 0 unspecified atom stereocenters. The van der Waals surface area contributed by atoms with E-state index in [0.717, 1.165) is 30.8 Å². The van der Waals surface area contributed by atoms with Crippen molar-refractivity contribution in [3.63, 3.8) is 0 Å². The molecule has 0 atom stereocenters. The van der Waals surface area contributed by atoms with Crippen molar-refractivity contribution in [2.45, 2.75) is 19.2 Å². The van der Waals surface area contributed by atoms with E-state index in [0.29, 0.717) is 12.2 Å². The highest BCUT2D eigenvalue weighted by Gasteiger charge is 2.30. The summed E-state index contributed by atoms with van der Waals surface area (Å²) >= 11 is 0. The minimum absolute atomic E-state index is 0.194. The Morgan fingerprint density at radius 3 is 2.69 bits per heavy atom. The Labute approximate surface area is 148 Å². The molecule has 5 nitrogen and oxygen atoms in total. The zero-order valence-corrected chi connectivity index (χ0v) is 13.8. The van der Waals surface area contributed by atoms with Gasteiger partial charge in [-0.25, -0.2) is 0 Å². The van der Waals surface area contributed by atoms with Crippen LogP contribution in [-0.2, 0) is 12.8 Å². The van der Waals surface area contributed by atoms with E-state index >= 15 is 0 Å². The first-order valence-electron chi connectivity index (χ1n) is 8.06. The van der Waals surface area contributed by atoms with Gasteiger partial charge in [0.1, 0.15) is 11.5 Å². The van der Waals surface area contributed by atoms with Gasteiger partial charge < -0.3 is 20.5 Å². The average Bonchev–Trinajstić information content (AvgIpc) is 3.03. The molecule has 0 saturated heterocycles. The van der Waals surface area contributed by atoms with Gasteiger partial charge in [-0.05, 0) is 47.9 Å². The summed E-state index contributed by atoms with van der Waals surface area (Å²) in [5, 5.41) is 2.83. The molecule has 0 saturated carbocycles. The number of anilines is 1. The van der Waals surface area contributed by atoms with Gasteiger partial charge in [0.15, 0.2) is 5.96 Å². The number of guanidine groups is 1. The standard InChI is InChI=1S/C18H18F3N3O2/c19-18(20,21)26-15-4-2-14(3-5-15)24-17(22)23-9-7-12-1-6-16-13(11-12)8-10-25-16/h1-6,11H,7-10H2,(H3,22,23,24). The minimum atomic E-state index is -4.71. The molecule has 0 amide bonds. The van der Waals surface area contributed by atoms with Crippen molar-refractivity contribution >= 4 is 11.6 Å². The molecule has 1 aliphatic heterocycles. The van der Waals surface area contributed by atoms with Crippen LogP contribution in [0.5, 0.6) is 11.5 Å². The van der Waals surface area contributed by atoms with Crippen molar-refractivity contribution in [2.75, 3.05) is 18.5 Å². The Balaban J connectivity index is 1.50. The van der Waals surface area contributed by atoms with Gasteiger partial charge in [-0.15, -0.1) is 13.2 Å². The number of nitrogens with one attached hydrogen (secondary N) is 1. The van der Waals surface area contributed by atoms with Crippen LogP contribution in [0.2, 0.25) is 0 Å². The second kappa shape index (κ2) is 7.55. The molecule has 0 aromatic heterocycles. The van der Waals surface area contributed by atoms with Crippen LogP contribution in [0.25, 0.3) is 0 Å². The molecular weight excluding hydrogens is 347 g/mol. The molecule has 1 aliphatic rings. The molecule has 0 fully saturated rings. The molecule has 3 N–H and O–H groups in total. The Morgan fingerprint density at radius 2 is 1.96 bits per heavy atom. The van der Waals surface area contributed by atoms with Gasteiger partial charge in [0, 0.05) is 18.7 Å². The number of benzene rings is 2. The molecule has 0 bridgehead atoms. The number of hydrogen-bond donors (Lipinski definition) is 2. The lowest BCUT2D eigenvalue weighted by atomic mass is 10.1. The van der Waals surface area contributed by atoms with Crippen LogP contribution in [-0.4, -0.2) is 25.5 Å². The maximum atomic E-state index is 12.1. The maximum Gasteiger partial charge on any atom is 0.573 e. The summed E-state index contributed by atoms with van der Waals surface area (Å²) in [4.78, 5) is 4.23. The van der Waals surface area contributed by atoms with E-state index in [4.69, 9.17) is 10.5 Å². The van der Waals surface area contributed by atoms with E-state index in [9.17, 15) is 13.2 Å². The number of nitrogens with two attached hydrogens (primary N) is 1. The molecule has 0 spiro atoms. The van der Waals surface area contributed by atoms with Gasteiger partial charge in [0.05, 0.1) is 6.61 Å². The molecule has 2 aromatic carbocycles. The van der Waals surface area contributed by atoms with E-state index in [1.165, 1.54) is 29.8 Å². The zero-order chi connectivity index (χ0) is 18.6. The van der Waals surface area contributed by atoms with Crippen molar-refractivity contribution in [3.8, 4) is 11.5 Å². The summed E-state index contributed by atoms with van der Waals surface area (Å²) in [6, 6.07) is 11.4. The van der Waals surface area contributed by atoms with Crippen molar-refractivity contribution in [3.05, 3.63) is 53.6 Å². The van der Waals surface area contributed by atoms with Crippen LogP contribution >= 0.6 is 0 Å². The summed E-state index contributed by atoms with van der Waals surface area (Å²) < 4.78 is 45.6. The van der Waals surface area contributed by atoms with Crippen LogP contribution in [0, 0.1) is 0 Å². The van der Waals surface area contributed by atoms with E-state index in [-0.39, 0.29) is 11.7 Å². The first kappa shape index (κ1) is 17.9. The fourth-order valence-corrected chi connectivity index (χ4v) is 2.63. The van der Waals surface area contributed by atoms with Crippen molar-refractivity contribution in [1.82, 2.24) is 0 Å². The summed E-state index contributed by atoms with van der Waals surface area (Å²) in [5.74, 6) is 0.842. The first-order chi connectivity index (χ1) is 12.4. The summed E-state index contributed by atoms with van der Waals surface area (Å²) in [5.41, 5.74) is 8.69. The fraction of sp³-hybridized carbons (Fsp3) is 0.278. The van der Waals surface area contributed by atoms with Gasteiger partial charge in [0.25, 0.3) is 0 Å². The SMILES string of the molecule is NC(=NCCc1ccc2c(c1)CCO2)Nc1ccc(OC(F)(F)F)cc1. The summed E-state index contributed by atoms with van der Waals surface area (Å²) in [6.07, 6.45) is -3.06. The lowest BCUT2D eigenvalue weighted by molar-refractivity contribution is -0.274. The van der Waals surface area contributed by atoms with E-state index in [1.54, 1.807) is 0 Å². The van der Waals surface area contributed by atoms with E-state index < -0.39 is 6.36 Å². The van der Waals surface area contributed by atoms with Crippen LogP contribution in [0.4, 0.5) is 18.9 Å². The predicted molar refractivity (Wildman–Crippen MR) is 92.6 cm³/mol. The average molecular weight is 365 g/mol. The monoisotopic (exact) mass is 365 g/mol. The highest BCUT2D eigenvalue weighted by Crippen LogP contribution is 2.26. The molecule has 3 rings (SSSR count).